The van der Waals surface area contributed by atoms with Crippen LogP contribution in [0.5, 0.6) is 0 Å². The Hall–Kier alpha value is -1.90. The van der Waals surface area contributed by atoms with Crippen LogP contribution in [-0.2, 0) is 5.41 Å². The highest BCUT2D eigenvalue weighted by atomic mass is 15.0. The minimum atomic E-state index is -0.139. The maximum Gasteiger partial charge on any atom is 0.141 e. The minimum absolute atomic E-state index is 0.139. The van der Waals surface area contributed by atoms with Gasteiger partial charge in [0.05, 0.1) is 5.41 Å². The number of anilines is 1. The zero-order chi connectivity index (χ0) is 14.9. The third kappa shape index (κ3) is 2.53. The van der Waals surface area contributed by atoms with Gasteiger partial charge in [0.25, 0.3) is 0 Å². The van der Waals surface area contributed by atoms with Gasteiger partial charge in [-0.2, -0.15) is 0 Å². The number of nitrogens with zero attached hydrogens (tertiary/aromatic N) is 2. The van der Waals surface area contributed by atoms with Gasteiger partial charge in [0, 0.05) is 17.7 Å². The van der Waals surface area contributed by atoms with Crippen molar-refractivity contribution in [2.75, 3.05) is 5.73 Å². The lowest BCUT2D eigenvalue weighted by molar-refractivity contribution is 0.448. The molecule has 2 N–H and O–H groups in total. The number of hydrogen-bond acceptors (Lipinski definition) is 3. The van der Waals surface area contributed by atoms with Gasteiger partial charge in [-0.1, -0.05) is 44.2 Å². The molecule has 1 aromatic heterocycles. The van der Waals surface area contributed by atoms with Crippen LogP contribution in [0.15, 0.2) is 36.4 Å². The van der Waals surface area contributed by atoms with Crippen LogP contribution in [0.1, 0.15) is 62.5 Å². The number of hydrogen-bond donors (Lipinski definition) is 1. The van der Waals surface area contributed by atoms with Crippen molar-refractivity contribution in [1.82, 2.24) is 9.97 Å². The van der Waals surface area contributed by atoms with Gasteiger partial charge in [-0.15, -0.1) is 0 Å². The van der Waals surface area contributed by atoms with E-state index in [2.05, 4.69) is 49.2 Å². The highest BCUT2D eigenvalue weighted by molar-refractivity contribution is 5.39. The van der Waals surface area contributed by atoms with Crippen LogP contribution >= 0.6 is 0 Å². The first-order valence-electron chi connectivity index (χ1n) is 7.90. The van der Waals surface area contributed by atoms with Crippen molar-refractivity contribution in [2.24, 2.45) is 0 Å². The molecule has 0 unspecified atom stereocenters. The topological polar surface area (TPSA) is 51.8 Å². The molecule has 3 rings (SSSR count). The summed E-state index contributed by atoms with van der Waals surface area (Å²) in [4.78, 5) is 9.50. The van der Waals surface area contributed by atoms with Gasteiger partial charge < -0.3 is 5.73 Å². The van der Waals surface area contributed by atoms with Crippen molar-refractivity contribution in [3.8, 4) is 0 Å². The van der Waals surface area contributed by atoms with Gasteiger partial charge in [-0.25, -0.2) is 9.97 Å². The molecule has 0 amide bonds. The molecule has 110 valence electrons. The minimum Gasteiger partial charge on any atom is -0.384 e. The standard InChI is InChI=1S/C18H23N3/c1-3-18(4-2,14-8-6-5-7-9-14)17-20-15(13-10-11-13)12-16(19)21-17/h5-9,12-13H,3-4,10-11H2,1-2H3,(H2,19,20,21). The molecule has 1 fully saturated rings. The van der Waals surface area contributed by atoms with Crippen molar-refractivity contribution < 1.29 is 0 Å². The van der Waals surface area contributed by atoms with Crippen LogP contribution in [0.25, 0.3) is 0 Å². The fourth-order valence-electron chi connectivity index (χ4n) is 3.15. The third-order valence-corrected chi connectivity index (χ3v) is 4.72. The number of rotatable bonds is 5. The molecule has 1 aromatic carbocycles. The highest BCUT2D eigenvalue weighted by Crippen LogP contribution is 2.42. The summed E-state index contributed by atoms with van der Waals surface area (Å²) < 4.78 is 0. The maximum absolute atomic E-state index is 6.06. The second-order valence-electron chi connectivity index (χ2n) is 5.97. The number of nitrogens with two attached hydrogens (primary N) is 1. The Balaban J connectivity index is 2.13. The summed E-state index contributed by atoms with van der Waals surface area (Å²) in [5.74, 6) is 2.08. The van der Waals surface area contributed by atoms with E-state index in [-0.39, 0.29) is 5.41 Å². The highest BCUT2D eigenvalue weighted by Gasteiger charge is 2.35. The van der Waals surface area contributed by atoms with E-state index in [1.165, 1.54) is 18.4 Å². The van der Waals surface area contributed by atoms with Crippen LogP contribution in [0.4, 0.5) is 5.82 Å². The molecule has 0 spiro atoms. The van der Waals surface area contributed by atoms with E-state index in [1.54, 1.807) is 0 Å². The first-order valence-corrected chi connectivity index (χ1v) is 7.90. The summed E-state index contributed by atoms with van der Waals surface area (Å²) in [6.07, 6.45) is 4.40. The Kier molecular flexibility index (Phi) is 3.66. The fraction of sp³-hybridized carbons (Fsp3) is 0.444. The maximum atomic E-state index is 6.06. The zero-order valence-corrected chi connectivity index (χ0v) is 12.8. The molecule has 21 heavy (non-hydrogen) atoms. The number of nitrogen functional groups attached to an aromatic ring is 1. The monoisotopic (exact) mass is 281 g/mol. The molecule has 0 aliphatic heterocycles. The summed E-state index contributed by atoms with van der Waals surface area (Å²) in [5, 5.41) is 0. The average Bonchev–Trinajstić information content (AvgIpc) is 3.34. The molecular formula is C18H23N3. The predicted octanol–water partition coefficient (Wildman–Crippen LogP) is 4.04. The summed E-state index contributed by atoms with van der Waals surface area (Å²) in [7, 11) is 0. The third-order valence-electron chi connectivity index (χ3n) is 4.72. The Morgan fingerprint density at radius 3 is 2.33 bits per heavy atom. The average molecular weight is 281 g/mol. The lowest BCUT2D eigenvalue weighted by Gasteiger charge is -2.31. The van der Waals surface area contributed by atoms with E-state index in [0.717, 1.165) is 24.4 Å². The van der Waals surface area contributed by atoms with Crippen LogP contribution in [-0.4, -0.2) is 9.97 Å². The van der Waals surface area contributed by atoms with Crippen LogP contribution < -0.4 is 5.73 Å². The molecule has 1 heterocycles. The van der Waals surface area contributed by atoms with E-state index < -0.39 is 0 Å². The van der Waals surface area contributed by atoms with Crippen molar-refractivity contribution >= 4 is 5.82 Å². The van der Waals surface area contributed by atoms with Gasteiger partial charge in [0.15, 0.2) is 0 Å². The van der Waals surface area contributed by atoms with E-state index in [9.17, 15) is 0 Å². The summed E-state index contributed by atoms with van der Waals surface area (Å²) in [5.41, 5.74) is 8.32. The normalized spacial score (nSPS) is 15.1. The summed E-state index contributed by atoms with van der Waals surface area (Å²) >= 11 is 0. The molecule has 2 aromatic rings. The molecule has 3 heteroatoms. The van der Waals surface area contributed by atoms with Crippen molar-refractivity contribution in [3.05, 3.63) is 53.5 Å². The quantitative estimate of drug-likeness (QED) is 0.899. The molecule has 0 bridgehead atoms. The van der Waals surface area contributed by atoms with E-state index in [4.69, 9.17) is 10.7 Å². The second kappa shape index (κ2) is 5.47. The Morgan fingerprint density at radius 1 is 1.10 bits per heavy atom. The predicted molar refractivity (Wildman–Crippen MR) is 86.2 cm³/mol. The van der Waals surface area contributed by atoms with Crippen molar-refractivity contribution in [1.29, 1.82) is 0 Å². The Morgan fingerprint density at radius 2 is 1.76 bits per heavy atom. The first kappa shape index (κ1) is 14.1. The van der Waals surface area contributed by atoms with Crippen LogP contribution in [0.2, 0.25) is 0 Å². The van der Waals surface area contributed by atoms with Crippen molar-refractivity contribution in [2.45, 2.75) is 50.9 Å². The molecule has 0 atom stereocenters. The van der Waals surface area contributed by atoms with Gasteiger partial charge in [0.2, 0.25) is 0 Å². The lowest BCUT2D eigenvalue weighted by atomic mass is 9.75. The second-order valence-corrected chi connectivity index (χ2v) is 5.97. The van der Waals surface area contributed by atoms with E-state index >= 15 is 0 Å². The molecule has 0 radical (unpaired) electrons. The molecule has 1 saturated carbocycles. The molecular weight excluding hydrogens is 258 g/mol. The van der Waals surface area contributed by atoms with Crippen molar-refractivity contribution in [3.63, 3.8) is 0 Å². The SMILES string of the molecule is CCC(CC)(c1ccccc1)c1nc(N)cc(C2CC2)n1. The van der Waals surface area contributed by atoms with E-state index in [1.807, 2.05) is 6.07 Å². The van der Waals surface area contributed by atoms with Gasteiger partial charge in [-0.3, -0.25) is 0 Å². The first-order chi connectivity index (χ1) is 10.2. The smallest absolute Gasteiger partial charge is 0.141 e. The summed E-state index contributed by atoms with van der Waals surface area (Å²) in [6.45, 7) is 4.42. The van der Waals surface area contributed by atoms with Gasteiger partial charge >= 0.3 is 0 Å². The lowest BCUT2D eigenvalue weighted by Crippen LogP contribution is -2.29. The van der Waals surface area contributed by atoms with Crippen LogP contribution in [0.3, 0.4) is 0 Å². The zero-order valence-electron chi connectivity index (χ0n) is 12.8. The Bertz CT molecular complexity index is 614. The number of aromatic nitrogens is 2. The molecule has 0 saturated heterocycles. The van der Waals surface area contributed by atoms with Gasteiger partial charge in [0.1, 0.15) is 11.6 Å². The van der Waals surface area contributed by atoms with Crippen LogP contribution in [0, 0.1) is 0 Å². The molecule has 1 aliphatic rings. The summed E-state index contributed by atoms with van der Waals surface area (Å²) in [6, 6.07) is 12.5. The Labute approximate surface area is 126 Å². The number of benzene rings is 1. The van der Waals surface area contributed by atoms with E-state index in [0.29, 0.717) is 11.7 Å². The fourth-order valence-corrected chi connectivity index (χ4v) is 3.15. The largest absolute Gasteiger partial charge is 0.384 e. The van der Waals surface area contributed by atoms with Gasteiger partial charge in [-0.05, 0) is 31.2 Å². The molecule has 3 nitrogen and oxygen atoms in total. The molecule has 1 aliphatic carbocycles.